The molecule has 0 radical (unpaired) electrons. The molecule has 0 bridgehead atoms. The summed E-state index contributed by atoms with van der Waals surface area (Å²) in [5, 5.41) is 3.33. The van der Waals surface area contributed by atoms with E-state index in [4.69, 9.17) is 14.2 Å². The van der Waals surface area contributed by atoms with E-state index in [0.717, 1.165) is 0 Å². The zero-order chi connectivity index (χ0) is 15.2. The number of carbonyl (C=O) groups excluding carboxylic acids is 1. The summed E-state index contributed by atoms with van der Waals surface area (Å²) >= 11 is 0. The van der Waals surface area contributed by atoms with Crippen molar-refractivity contribution in [1.82, 2.24) is 10.2 Å². The van der Waals surface area contributed by atoms with Gasteiger partial charge in [0.05, 0.1) is 44.2 Å². The third kappa shape index (κ3) is 4.70. The van der Waals surface area contributed by atoms with Gasteiger partial charge in [0.1, 0.15) is 0 Å². The number of ether oxygens (including phenoxy) is 3. The molecule has 1 N–H and O–H groups in total. The quantitative estimate of drug-likeness (QED) is 0.630. The number of hydrogen-bond donors (Lipinski definition) is 1. The van der Waals surface area contributed by atoms with Crippen molar-refractivity contribution in [2.75, 3.05) is 46.7 Å². The van der Waals surface area contributed by atoms with E-state index < -0.39 is 5.54 Å². The molecule has 0 aromatic heterocycles. The number of nitrogens with one attached hydrogen (secondary N) is 1. The van der Waals surface area contributed by atoms with Gasteiger partial charge in [0, 0.05) is 13.7 Å². The summed E-state index contributed by atoms with van der Waals surface area (Å²) in [5.74, 6) is 0.113. The van der Waals surface area contributed by atoms with Crippen LogP contribution < -0.4 is 5.32 Å². The summed E-state index contributed by atoms with van der Waals surface area (Å²) in [7, 11) is 1.64. The van der Waals surface area contributed by atoms with Crippen LogP contribution in [0.15, 0.2) is 0 Å². The maximum Gasteiger partial charge on any atom is 0.243 e. The lowest BCUT2D eigenvalue weighted by Crippen LogP contribution is -2.49. The predicted molar refractivity (Wildman–Crippen MR) is 76.5 cm³/mol. The van der Waals surface area contributed by atoms with E-state index in [2.05, 4.69) is 5.32 Å². The van der Waals surface area contributed by atoms with Gasteiger partial charge in [-0.3, -0.25) is 10.1 Å². The predicted octanol–water partition coefficient (Wildman–Crippen LogP) is 0.613. The molecule has 0 aromatic rings. The molecule has 0 atom stereocenters. The molecule has 0 aromatic carbocycles. The molecule has 20 heavy (non-hydrogen) atoms. The second-order valence-electron chi connectivity index (χ2n) is 5.98. The van der Waals surface area contributed by atoms with Crippen LogP contribution in [-0.2, 0) is 19.0 Å². The van der Waals surface area contributed by atoms with Crippen molar-refractivity contribution in [3.8, 4) is 0 Å². The molecule has 1 heterocycles. The van der Waals surface area contributed by atoms with Gasteiger partial charge in [-0.2, -0.15) is 0 Å². The molecule has 0 unspecified atom stereocenters. The second-order valence-corrected chi connectivity index (χ2v) is 5.98. The van der Waals surface area contributed by atoms with Crippen molar-refractivity contribution in [3.63, 3.8) is 0 Å². The van der Waals surface area contributed by atoms with Gasteiger partial charge >= 0.3 is 0 Å². The number of carbonyl (C=O) groups is 1. The molecule has 0 spiro atoms. The summed E-state index contributed by atoms with van der Waals surface area (Å²) in [6, 6.07) is 0. The third-order valence-electron chi connectivity index (χ3n) is 3.34. The summed E-state index contributed by atoms with van der Waals surface area (Å²) < 4.78 is 15.7. The largest absolute Gasteiger partial charge is 0.382 e. The summed E-state index contributed by atoms with van der Waals surface area (Å²) in [4.78, 5) is 14.1. The number of hydrogen-bond acceptors (Lipinski definition) is 5. The Hall–Kier alpha value is -0.690. The van der Waals surface area contributed by atoms with Crippen molar-refractivity contribution < 1.29 is 19.0 Å². The molecule has 1 fully saturated rings. The topological polar surface area (TPSA) is 60.0 Å². The minimum Gasteiger partial charge on any atom is -0.382 e. The van der Waals surface area contributed by atoms with Crippen LogP contribution in [0.2, 0.25) is 0 Å². The highest BCUT2D eigenvalue weighted by Gasteiger charge is 2.48. The van der Waals surface area contributed by atoms with Gasteiger partial charge in [-0.15, -0.1) is 0 Å². The minimum absolute atomic E-state index is 0.113. The fourth-order valence-electron chi connectivity index (χ4n) is 2.48. The molecule has 1 rings (SSSR count). The Balaban J connectivity index is 2.20. The van der Waals surface area contributed by atoms with Crippen LogP contribution in [0.25, 0.3) is 0 Å². The Bertz CT molecular complexity index is 318. The molecular weight excluding hydrogens is 260 g/mol. The van der Waals surface area contributed by atoms with Crippen LogP contribution in [0.5, 0.6) is 0 Å². The van der Waals surface area contributed by atoms with Crippen LogP contribution in [0, 0.1) is 0 Å². The third-order valence-corrected chi connectivity index (χ3v) is 3.34. The number of nitrogens with zero attached hydrogens (tertiary/aromatic N) is 1. The van der Waals surface area contributed by atoms with E-state index in [1.54, 1.807) is 7.11 Å². The standard InChI is InChI=1S/C14H28N2O4/c1-13(2)12(17)16(14(3,4)15-13)6-7-19-10-11-20-9-8-18-5/h15H,6-11H2,1-5H3. The first-order chi connectivity index (χ1) is 9.31. The molecule has 6 nitrogen and oxygen atoms in total. The zero-order valence-corrected chi connectivity index (χ0v) is 13.3. The summed E-state index contributed by atoms with van der Waals surface area (Å²) in [6.07, 6.45) is 0. The fourth-order valence-corrected chi connectivity index (χ4v) is 2.48. The average molecular weight is 288 g/mol. The van der Waals surface area contributed by atoms with Crippen LogP contribution in [0.1, 0.15) is 27.7 Å². The Labute approximate surface area is 121 Å². The van der Waals surface area contributed by atoms with Crippen molar-refractivity contribution in [3.05, 3.63) is 0 Å². The first-order valence-corrected chi connectivity index (χ1v) is 7.07. The Morgan fingerprint density at radius 3 is 2.05 bits per heavy atom. The van der Waals surface area contributed by atoms with Gasteiger partial charge in [-0.25, -0.2) is 0 Å². The van der Waals surface area contributed by atoms with E-state index in [1.165, 1.54) is 0 Å². The van der Waals surface area contributed by atoms with E-state index >= 15 is 0 Å². The SMILES string of the molecule is COCCOCCOCCN1C(=O)C(C)(C)NC1(C)C. The highest BCUT2D eigenvalue weighted by atomic mass is 16.5. The molecule has 0 aliphatic carbocycles. The van der Waals surface area contributed by atoms with E-state index in [1.807, 2.05) is 32.6 Å². The van der Waals surface area contributed by atoms with Gasteiger partial charge in [-0.05, 0) is 27.7 Å². The second kappa shape index (κ2) is 7.36. The number of rotatable bonds is 9. The highest BCUT2D eigenvalue weighted by Crippen LogP contribution is 2.27. The Morgan fingerprint density at radius 1 is 1.00 bits per heavy atom. The normalized spacial score (nSPS) is 20.6. The van der Waals surface area contributed by atoms with Crippen molar-refractivity contribution in [1.29, 1.82) is 0 Å². The highest BCUT2D eigenvalue weighted by molar-refractivity contribution is 5.88. The number of amides is 1. The lowest BCUT2D eigenvalue weighted by atomic mass is 10.1. The van der Waals surface area contributed by atoms with Crippen LogP contribution in [-0.4, -0.2) is 68.7 Å². The van der Waals surface area contributed by atoms with Gasteiger partial charge in [0.15, 0.2) is 0 Å². The van der Waals surface area contributed by atoms with E-state index in [-0.39, 0.29) is 11.6 Å². The molecule has 1 aliphatic rings. The van der Waals surface area contributed by atoms with Gasteiger partial charge < -0.3 is 19.1 Å². The lowest BCUT2D eigenvalue weighted by Gasteiger charge is -2.31. The molecule has 6 heteroatoms. The molecule has 1 amide bonds. The van der Waals surface area contributed by atoms with Crippen LogP contribution in [0.4, 0.5) is 0 Å². The fraction of sp³-hybridized carbons (Fsp3) is 0.929. The summed E-state index contributed by atoms with van der Waals surface area (Å²) in [5.41, 5.74) is -0.842. The average Bonchev–Trinajstić information content (AvgIpc) is 2.49. The van der Waals surface area contributed by atoms with Crippen molar-refractivity contribution in [2.45, 2.75) is 38.9 Å². The zero-order valence-electron chi connectivity index (χ0n) is 13.3. The first kappa shape index (κ1) is 17.4. The molecule has 1 saturated heterocycles. The van der Waals surface area contributed by atoms with E-state index in [9.17, 15) is 4.79 Å². The maximum absolute atomic E-state index is 12.3. The summed E-state index contributed by atoms with van der Waals surface area (Å²) in [6.45, 7) is 11.2. The monoisotopic (exact) mass is 288 g/mol. The van der Waals surface area contributed by atoms with Gasteiger partial charge in [0.25, 0.3) is 0 Å². The number of methoxy groups -OCH3 is 1. The van der Waals surface area contributed by atoms with Crippen molar-refractivity contribution >= 4 is 5.91 Å². The van der Waals surface area contributed by atoms with Crippen LogP contribution in [0.3, 0.4) is 0 Å². The maximum atomic E-state index is 12.3. The van der Waals surface area contributed by atoms with Crippen molar-refractivity contribution in [2.24, 2.45) is 0 Å². The molecule has 0 saturated carbocycles. The Morgan fingerprint density at radius 2 is 1.55 bits per heavy atom. The first-order valence-electron chi connectivity index (χ1n) is 7.07. The lowest BCUT2D eigenvalue weighted by molar-refractivity contribution is -0.134. The molecular formula is C14H28N2O4. The Kier molecular flexibility index (Phi) is 6.39. The minimum atomic E-state index is -0.507. The van der Waals surface area contributed by atoms with Gasteiger partial charge in [0.2, 0.25) is 5.91 Å². The van der Waals surface area contributed by atoms with Crippen LogP contribution >= 0.6 is 0 Å². The smallest absolute Gasteiger partial charge is 0.243 e. The molecule has 118 valence electrons. The van der Waals surface area contributed by atoms with Gasteiger partial charge in [-0.1, -0.05) is 0 Å². The molecule has 1 aliphatic heterocycles. The van der Waals surface area contributed by atoms with E-state index in [0.29, 0.717) is 39.6 Å².